The van der Waals surface area contributed by atoms with Crippen LogP contribution in [0.15, 0.2) is 141 Å². The molecule has 0 N–H and O–H groups in total. The lowest BCUT2D eigenvalue weighted by atomic mass is 9.82. The van der Waals surface area contributed by atoms with Crippen molar-refractivity contribution in [1.82, 2.24) is 9.97 Å². The molecule has 1 heterocycles. The quantitative estimate of drug-likeness (QED) is 0.0164. The third-order valence-electron chi connectivity index (χ3n) is 13.1. The fourth-order valence-electron chi connectivity index (χ4n) is 8.83. The van der Waals surface area contributed by atoms with E-state index in [1.54, 1.807) is 48.5 Å². The number of carbonyl (C=O) groups is 4. The SMILES string of the molecule is C=CC(=O)OCCCCCCOc1ccc(OC(=O)C2CCC(COc3cccc(-c4nc5ccc(OCCOCCC)cc5nc4-c4cccc(OC(=O)c5ccc(OCCCCCCOC(=O)C=C)cc5)c4)c3)CC2)cc1. The molecule has 15 heteroatoms. The number of esters is 4. The van der Waals surface area contributed by atoms with Crippen molar-refractivity contribution in [3.63, 3.8) is 0 Å². The van der Waals surface area contributed by atoms with Crippen LogP contribution in [0, 0.1) is 11.8 Å². The van der Waals surface area contributed by atoms with Crippen LogP contribution in [-0.2, 0) is 28.6 Å². The van der Waals surface area contributed by atoms with Gasteiger partial charge in [0.25, 0.3) is 0 Å². The van der Waals surface area contributed by atoms with Gasteiger partial charge in [0.2, 0.25) is 0 Å². The van der Waals surface area contributed by atoms with E-state index < -0.39 is 17.9 Å². The molecule has 1 saturated carbocycles. The summed E-state index contributed by atoms with van der Waals surface area (Å²) in [5.41, 5.74) is 4.32. The summed E-state index contributed by atoms with van der Waals surface area (Å²) in [7, 11) is 0. The summed E-state index contributed by atoms with van der Waals surface area (Å²) in [6.45, 7) is 12.7. The number of unbranched alkanes of at least 4 members (excludes halogenated alkanes) is 6. The van der Waals surface area contributed by atoms with Gasteiger partial charge in [-0.1, -0.05) is 44.3 Å². The maximum Gasteiger partial charge on any atom is 0.343 e. The van der Waals surface area contributed by atoms with E-state index in [4.69, 9.17) is 52.6 Å². The van der Waals surface area contributed by atoms with Gasteiger partial charge < -0.3 is 42.6 Å². The summed E-state index contributed by atoms with van der Waals surface area (Å²) < 4.78 is 51.6. The average Bonchev–Trinajstić information content (AvgIpc) is 3.59. The van der Waals surface area contributed by atoms with E-state index in [0.717, 1.165) is 82.3 Å². The van der Waals surface area contributed by atoms with Crippen molar-refractivity contribution in [3.05, 3.63) is 146 Å². The highest BCUT2D eigenvalue weighted by Gasteiger charge is 2.28. The Kier molecular flexibility index (Phi) is 23.8. The second kappa shape index (κ2) is 32.0. The maximum absolute atomic E-state index is 13.5. The van der Waals surface area contributed by atoms with Crippen molar-refractivity contribution in [2.45, 2.75) is 90.4 Å². The monoisotopic (exact) mass is 1080 g/mol. The van der Waals surface area contributed by atoms with Gasteiger partial charge in [-0.3, -0.25) is 4.79 Å². The molecule has 5 aromatic carbocycles. The standard InChI is InChI=1S/C64H72N2O13/c1-4-35-71-40-41-74-55-33-34-57-58(44-55)66-62(50-18-16-20-56(43-50)79-64(70)48-25-27-51(28-26-48)72-36-11-7-9-13-38-75-59(67)5-2)61(65-57)49-17-15-19-54(42-49)77-45-46-21-23-47(24-22-46)63(69)78-53-31-29-52(30-32-53)73-37-12-8-10-14-39-76-60(68)6-3/h5-6,15-20,25-34,42-44,46-47H,2-4,7-14,21-24,35-41,45H2,1H3. The number of benzene rings is 5. The Hall–Kier alpha value is -8.04. The van der Waals surface area contributed by atoms with Crippen LogP contribution < -0.4 is 28.4 Å². The molecule has 15 nitrogen and oxygen atoms in total. The molecule has 0 amide bonds. The number of ether oxygens (including phenoxy) is 9. The predicted octanol–water partition coefficient (Wildman–Crippen LogP) is 13.1. The van der Waals surface area contributed by atoms with E-state index in [9.17, 15) is 19.2 Å². The van der Waals surface area contributed by atoms with Crippen LogP contribution in [0.4, 0.5) is 0 Å². The number of hydrogen-bond donors (Lipinski definition) is 0. The summed E-state index contributed by atoms with van der Waals surface area (Å²) in [6, 6.07) is 34.7. The molecule has 416 valence electrons. The van der Waals surface area contributed by atoms with Crippen LogP contribution in [0.3, 0.4) is 0 Å². The number of fused-ring (bicyclic) bond motifs is 1. The Bertz CT molecular complexity index is 2920. The van der Waals surface area contributed by atoms with Crippen LogP contribution in [0.5, 0.6) is 34.5 Å². The van der Waals surface area contributed by atoms with Crippen molar-refractivity contribution >= 4 is 34.9 Å². The van der Waals surface area contributed by atoms with E-state index in [1.165, 1.54) is 6.08 Å². The third kappa shape index (κ3) is 19.4. The average molecular weight is 1080 g/mol. The zero-order valence-electron chi connectivity index (χ0n) is 45.2. The number of hydrogen-bond acceptors (Lipinski definition) is 15. The smallest absolute Gasteiger partial charge is 0.343 e. The van der Waals surface area contributed by atoms with Crippen LogP contribution in [0.25, 0.3) is 33.5 Å². The predicted molar refractivity (Wildman–Crippen MR) is 302 cm³/mol. The molecule has 0 saturated heterocycles. The maximum atomic E-state index is 13.5. The van der Waals surface area contributed by atoms with Crippen LogP contribution in [0.1, 0.15) is 101 Å². The normalized spacial score (nSPS) is 13.9. The first-order valence-corrected chi connectivity index (χ1v) is 27.5. The highest BCUT2D eigenvalue weighted by atomic mass is 16.5. The Morgan fingerprint density at radius 1 is 0.494 bits per heavy atom. The molecule has 7 rings (SSSR count). The van der Waals surface area contributed by atoms with E-state index in [-0.39, 0.29) is 17.8 Å². The molecule has 0 aliphatic heterocycles. The van der Waals surface area contributed by atoms with E-state index in [1.807, 2.05) is 66.7 Å². The van der Waals surface area contributed by atoms with E-state index in [2.05, 4.69) is 20.1 Å². The highest BCUT2D eigenvalue weighted by Crippen LogP contribution is 2.36. The first kappa shape index (κ1) is 58.6. The molecule has 1 aliphatic rings. The van der Waals surface area contributed by atoms with Crippen LogP contribution >= 0.6 is 0 Å². The third-order valence-corrected chi connectivity index (χ3v) is 13.1. The Morgan fingerprint density at radius 2 is 1.01 bits per heavy atom. The van der Waals surface area contributed by atoms with Gasteiger partial charge in [0.05, 0.1) is 73.5 Å². The minimum atomic E-state index is -0.523. The number of rotatable bonds is 33. The second-order valence-electron chi connectivity index (χ2n) is 19.2. The second-order valence-corrected chi connectivity index (χ2v) is 19.2. The molecule has 0 unspecified atom stereocenters. The van der Waals surface area contributed by atoms with E-state index in [0.29, 0.717) is 134 Å². The molecule has 1 fully saturated rings. The molecule has 1 aliphatic carbocycles. The van der Waals surface area contributed by atoms with Gasteiger partial charge in [-0.15, -0.1) is 0 Å². The van der Waals surface area contributed by atoms with Crippen LogP contribution in [0.2, 0.25) is 0 Å². The molecule has 1 aromatic heterocycles. The van der Waals surface area contributed by atoms with Gasteiger partial charge in [-0.2, -0.15) is 0 Å². The summed E-state index contributed by atoms with van der Waals surface area (Å²) in [5, 5.41) is 0. The molecule has 0 atom stereocenters. The van der Waals surface area contributed by atoms with Crippen molar-refractivity contribution in [1.29, 1.82) is 0 Å². The lowest BCUT2D eigenvalue weighted by molar-refractivity contribution is -0.140. The Balaban J connectivity index is 0.937. The van der Waals surface area contributed by atoms with Gasteiger partial charge in [0.15, 0.2) is 0 Å². The zero-order chi connectivity index (χ0) is 55.4. The molecular weight excluding hydrogens is 1000 g/mol. The molecule has 0 radical (unpaired) electrons. The first-order valence-electron chi connectivity index (χ1n) is 27.5. The van der Waals surface area contributed by atoms with Crippen LogP contribution in [-0.4, -0.2) is 86.7 Å². The topological polar surface area (TPSA) is 177 Å². The van der Waals surface area contributed by atoms with Gasteiger partial charge in [0, 0.05) is 36.0 Å². The van der Waals surface area contributed by atoms with Gasteiger partial charge in [-0.25, -0.2) is 24.4 Å². The van der Waals surface area contributed by atoms with Crippen molar-refractivity contribution in [2.24, 2.45) is 11.8 Å². The number of carbonyl (C=O) groups excluding carboxylic acids is 4. The van der Waals surface area contributed by atoms with Crippen molar-refractivity contribution in [2.75, 3.05) is 52.9 Å². The lowest BCUT2D eigenvalue weighted by Crippen LogP contribution is -2.27. The lowest BCUT2D eigenvalue weighted by Gasteiger charge is -2.27. The molecule has 6 aromatic rings. The highest BCUT2D eigenvalue weighted by molar-refractivity contribution is 5.92. The minimum absolute atomic E-state index is 0.195. The summed E-state index contributed by atoms with van der Waals surface area (Å²) in [4.78, 5) is 59.4. The van der Waals surface area contributed by atoms with Crippen molar-refractivity contribution < 1.29 is 61.8 Å². The first-order chi connectivity index (χ1) is 38.7. The Labute approximate surface area is 463 Å². The van der Waals surface area contributed by atoms with E-state index >= 15 is 0 Å². The van der Waals surface area contributed by atoms with Gasteiger partial charge >= 0.3 is 23.9 Å². The molecule has 0 bridgehead atoms. The summed E-state index contributed by atoms with van der Waals surface area (Å²) in [6.07, 6.45) is 13.4. The van der Waals surface area contributed by atoms with Gasteiger partial charge in [-0.05, 0) is 174 Å². The minimum Gasteiger partial charge on any atom is -0.494 e. The number of nitrogens with zero attached hydrogens (tertiary/aromatic N) is 2. The largest absolute Gasteiger partial charge is 0.494 e. The fourth-order valence-corrected chi connectivity index (χ4v) is 8.83. The molecule has 79 heavy (non-hydrogen) atoms. The fraction of sp³-hybridized carbons (Fsp3) is 0.375. The molecular formula is C64H72N2O13. The summed E-state index contributed by atoms with van der Waals surface area (Å²) >= 11 is 0. The Morgan fingerprint density at radius 3 is 1.62 bits per heavy atom. The number of aromatic nitrogens is 2. The van der Waals surface area contributed by atoms with Crippen molar-refractivity contribution in [3.8, 4) is 57.0 Å². The van der Waals surface area contributed by atoms with Gasteiger partial charge in [0.1, 0.15) is 41.1 Å². The molecule has 0 spiro atoms. The summed E-state index contributed by atoms with van der Waals surface area (Å²) in [5.74, 6) is 2.00. The zero-order valence-corrected chi connectivity index (χ0v) is 45.2.